The highest BCUT2D eigenvalue weighted by Gasteiger charge is 2.31. The summed E-state index contributed by atoms with van der Waals surface area (Å²) in [5.41, 5.74) is 1.83. The number of hydrogen-bond acceptors (Lipinski definition) is 1. The lowest BCUT2D eigenvalue weighted by Gasteiger charge is -2.28. The Labute approximate surface area is 150 Å². The van der Waals surface area contributed by atoms with Gasteiger partial charge in [-0.3, -0.25) is 0 Å². The van der Waals surface area contributed by atoms with Crippen LogP contribution < -0.4 is 0 Å². The molecule has 1 fully saturated rings. The minimum absolute atomic E-state index is 0.396. The predicted octanol–water partition coefficient (Wildman–Crippen LogP) is 6.10. The molecule has 0 spiro atoms. The van der Waals surface area contributed by atoms with Crippen LogP contribution in [-0.2, 0) is 12.6 Å². The molecule has 0 bridgehead atoms. The molecule has 0 atom stereocenters. The van der Waals surface area contributed by atoms with Gasteiger partial charge in [-0.1, -0.05) is 30.3 Å². The number of nitrogens with one attached hydrogen (secondary N) is 1. The van der Waals surface area contributed by atoms with Crippen LogP contribution in [0.15, 0.2) is 48.5 Å². The van der Waals surface area contributed by atoms with Crippen molar-refractivity contribution in [1.29, 1.82) is 0 Å². The molecule has 1 aromatic heterocycles. The van der Waals surface area contributed by atoms with Crippen LogP contribution in [0.25, 0.3) is 11.0 Å². The largest absolute Gasteiger partial charge is 0.416 e. The first-order valence-electron chi connectivity index (χ1n) is 9.10. The molecule has 136 valence electrons. The minimum atomic E-state index is -4.33. The fraction of sp³-hybridized carbons (Fsp3) is 0.381. The molecule has 2 aromatic carbocycles. The number of fused-ring (bicyclic) bond motifs is 1. The maximum absolute atomic E-state index is 12.8. The first-order valence-corrected chi connectivity index (χ1v) is 9.10. The average Bonchev–Trinajstić information content (AvgIpc) is 3.04. The lowest BCUT2D eigenvalue weighted by Crippen LogP contribution is -2.15. The first kappa shape index (κ1) is 17.1. The molecule has 1 aliphatic carbocycles. The zero-order valence-electron chi connectivity index (χ0n) is 14.4. The third-order valence-corrected chi connectivity index (χ3v) is 5.46. The van der Waals surface area contributed by atoms with Gasteiger partial charge in [0, 0.05) is 6.42 Å². The highest BCUT2D eigenvalue weighted by molar-refractivity contribution is 5.76. The third-order valence-electron chi connectivity index (χ3n) is 5.46. The Hall–Kier alpha value is -2.30. The van der Waals surface area contributed by atoms with Crippen LogP contribution >= 0.6 is 0 Å². The molecule has 0 unspecified atom stereocenters. The molecule has 26 heavy (non-hydrogen) atoms. The SMILES string of the molecule is FC(F)(F)c1ccc2[nH]c(C[C@H]3CC[C@H](c4ccccc4)CC3)nc2c1. The molecule has 1 N–H and O–H groups in total. The average molecular weight is 358 g/mol. The van der Waals surface area contributed by atoms with Crippen LogP contribution in [0.1, 0.15) is 48.6 Å². The molecule has 4 rings (SSSR count). The fourth-order valence-electron chi connectivity index (χ4n) is 4.03. The van der Waals surface area contributed by atoms with Crippen LogP contribution in [0.4, 0.5) is 13.2 Å². The van der Waals surface area contributed by atoms with Crippen molar-refractivity contribution < 1.29 is 13.2 Å². The van der Waals surface area contributed by atoms with Crippen molar-refractivity contribution in [2.45, 2.75) is 44.2 Å². The second-order valence-electron chi connectivity index (χ2n) is 7.25. The normalized spacial score (nSPS) is 21.2. The van der Waals surface area contributed by atoms with Crippen LogP contribution in [0.5, 0.6) is 0 Å². The van der Waals surface area contributed by atoms with Gasteiger partial charge >= 0.3 is 6.18 Å². The molecule has 0 aliphatic heterocycles. The van der Waals surface area contributed by atoms with Gasteiger partial charge in [-0.05, 0) is 61.3 Å². The van der Waals surface area contributed by atoms with Gasteiger partial charge < -0.3 is 4.98 Å². The van der Waals surface area contributed by atoms with E-state index in [1.807, 2.05) is 6.07 Å². The Morgan fingerprint density at radius 1 is 0.962 bits per heavy atom. The van der Waals surface area contributed by atoms with E-state index >= 15 is 0 Å². The lowest BCUT2D eigenvalue weighted by atomic mass is 9.77. The molecule has 5 heteroatoms. The molecule has 3 aromatic rings. The van der Waals surface area contributed by atoms with Gasteiger partial charge in [-0.15, -0.1) is 0 Å². The molecular formula is C21H21F3N2. The van der Waals surface area contributed by atoms with Gasteiger partial charge in [-0.25, -0.2) is 4.98 Å². The number of benzene rings is 2. The van der Waals surface area contributed by atoms with Crippen molar-refractivity contribution >= 4 is 11.0 Å². The van der Waals surface area contributed by atoms with Crippen molar-refractivity contribution in [3.63, 3.8) is 0 Å². The number of aromatic amines is 1. The fourth-order valence-corrected chi connectivity index (χ4v) is 4.03. The molecule has 1 aliphatic rings. The number of hydrogen-bond donors (Lipinski definition) is 1. The summed E-state index contributed by atoms with van der Waals surface area (Å²) in [7, 11) is 0. The molecule has 1 heterocycles. The number of imidazole rings is 1. The summed E-state index contributed by atoms with van der Waals surface area (Å²) in [6.45, 7) is 0. The van der Waals surface area contributed by atoms with Gasteiger partial charge in [0.1, 0.15) is 5.82 Å². The van der Waals surface area contributed by atoms with Crippen LogP contribution in [-0.4, -0.2) is 9.97 Å². The van der Waals surface area contributed by atoms with Crippen molar-refractivity contribution in [3.05, 3.63) is 65.5 Å². The number of aromatic nitrogens is 2. The van der Waals surface area contributed by atoms with Crippen LogP contribution in [0.3, 0.4) is 0 Å². The second-order valence-corrected chi connectivity index (χ2v) is 7.25. The molecule has 0 radical (unpaired) electrons. The standard InChI is InChI=1S/C21H21F3N2/c22-21(23,24)17-10-11-18-19(13-17)26-20(25-18)12-14-6-8-16(9-7-14)15-4-2-1-3-5-15/h1-5,10-11,13-14,16H,6-9,12H2,(H,25,26)/t14-,16-. The zero-order chi connectivity index (χ0) is 18.1. The van der Waals surface area contributed by atoms with Gasteiger partial charge in [0.25, 0.3) is 0 Å². The van der Waals surface area contributed by atoms with Crippen LogP contribution in [0, 0.1) is 5.92 Å². The van der Waals surface area contributed by atoms with E-state index in [1.54, 1.807) is 0 Å². The Kier molecular flexibility index (Phi) is 4.47. The molecule has 2 nitrogen and oxygen atoms in total. The minimum Gasteiger partial charge on any atom is -0.342 e. The van der Waals surface area contributed by atoms with E-state index in [1.165, 1.54) is 11.6 Å². The molecule has 1 saturated carbocycles. The van der Waals surface area contributed by atoms with E-state index in [2.05, 4.69) is 34.2 Å². The van der Waals surface area contributed by atoms with E-state index in [0.29, 0.717) is 22.9 Å². The molecular weight excluding hydrogens is 337 g/mol. The van der Waals surface area contributed by atoms with E-state index in [0.717, 1.165) is 50.1 Å². The maximum Gasteiger partial charge on any atom is 0.416 e. The lowest BCUT2D eigenvalue weighted by molar-refractivity contribution is -0.137. The smallest absolute Gasteiger partial charge is 0.342 e. The summed E-state index contributed by atoms with van der Waals surface area (Å²) in [4.78, 5) is 7.59. The number of rotatable bonds is 3. The molecule has 0 amide bonds. The van der Waals surface area contributed by atoms with E-state index in [9.17, 15) is 13.2 Å². The number of alkyl halides is 3. The Morgan fingerprint density at radius 3 is 2.38 bits per heavy atom. The first-order chi connectivity index (χ1) is 12.5. The third kappa shape index (κ3) is 3.62. The summed E-state index contributed by atoms with van der Waals surface area (Å²) >= 11 is 0. The number of halogens is 3. The quantitative estimate of drug-likeness (QED) is 0.602. The summed E-state index contributed by atoms with van der Waals surface area (Å²) in [5, 5.41) is 0. The Morgan fingerprint density at radius 2 is 1.69 bits per heavy atom. The monoisotopic (exact) mass is 358 g/mol. The predicted molar refractivity (Wildman–Crippen MR) is 95.9 cm³/mol. The van der Waals surface area contributed by atoms with E-state index in [-0.39, 0.29) is 0 Å². The van der Waals surface area contributed by atoms with Crippen molar-refractivity contribution in [2.75, 3.05) is 0 Å². The zero-order valence-corrected chi connectivity index (χ0v) is 14.4. The topological polar surface area (TPSA) is 28.7 Å². The highest BCUT2D eigenvalue weighted by atomic mass is 19.4. The van der Waals surface area contributed by atoms with Crippen molar-refractivity contribution in [1.82, 2.24) is 9.97 Å². The van der Waals surface area contributed by atoms with E-state index in [4.69, 9.17) is 0 Å². The molecule has 0 saturated heterocycles. The highest BCUT2D eigenvalue weighted by Crippen LogP contribution is 2.37. The Bertz CT molecular complexity index is 875. The number of H-pyrrole nitrogens is 1. The van der Waals surface area contributed by atoms with Crippen LogP contribution in [0.2, 0.25) is 0 Å². The summed E-state index contributed by atoms with van der Waals surface area (Å²) in [6, 6.07) is 14.3. The van der Waals surface area contributed by atoms with Gasteiger partial charge in [0.2, 0.25) is 0 Å². The summed E-state index contributed by atoms with van der Waals surface area (Å²) in [5.74, 6) is 1.96. The second kappa shape index (κ2) is 6.78. The Balaban J connectivity index is 1.42. The van der Waals surface area contributed by atoms with Crippen molar-refractivity contribution in [3.8, 4) is 0 Å². The van der Waals surface area contributed by atoms with Gasteiger partial charge in [0.05, 0.1) is 16.6 Å². The van der Waals surface area contributed by atoms with Gasteiger partial charge in [0.15, 0.2) is 0 Å². The summed E-state index contributed by atoms with van der Waals surface area (Å²) < 4.78 is 38.5. The van der Waals surface area contributed by atoms with E-state index < -0.39 is 11.7 Å². The summed E-state index contributed by atoms with van der Waals surface area (Å²) in [6.07, 6.45) is 1.05. The van der Waals surface area contributed by atoms with Gasteiger partial charge in [-0.2, -0.15) is 13.2 Å². The number of nitrogens with zero attached hydrogens (tertiary/aromatic N) is 1. The maximum atomic E-state index is 12.8. The van der Waals surface area contributed by atoms with Crippen molar-refractivity contribution in [2.24, 2.45) is 5.92 Å².